The molecule has 3 N–H and O–H groups in total. The average molecular weight is 360 g/mol. The van der Waals surface area contributed by atoms with Crippen molar-refractivity contribution < 1.29 is 24.1 Å². The largest absolute Gasteiger partial charge is 0.454 e. The van der Waals surface area contributed by atoms with Crippen molar-refractivity contribution in [2.45, 2.75) is 78.4 Å². The number of ether oxygens (including phenoxy) is 3. The van der Waals surface area contributed by atoms with E-state index in [1.807, 2.05) is 41.5 Å². The van der Waals surface area contributed by atoms with Crippen LogP contribution in [0.2, 0.25) is 0 Å². The van der Waals surface area contributed by atoms with Crippen molar-refractivity contribution in [2.24, 2.45) is 17.1 Å². The van der Waals surface area contributed by atoms with Crippen LogP contribution >= 0.6 is 0 Å². The van der Waals surface area contributed by atoms with Crippen molar-refractivity contribution in [3.8, 4) is 0 Å². The van der Waals surface area contributed by atoms with E-state index in [9.17, 15) is 9.90 Å². The number of carbonyl (C=O) groups is 1. The lowest BCUT2D eigenvalue weighted by atomic mass is 9.78. The molecule has 0 aliphatic rings. The summed E-state index contributed by atoms with van der Waals surface area (Å²) in [7, 11) is 1.60. The molecule has 0 amide bonds. The Labute approximate surface area is 152 Å². The summed E-state index contributed by atoms with van der Waals surface area (Å²) in [6.07, 6.45) is -0.616. The molecule has 0 saturated carbocycles. The Balaban J connectivity index is 4.94. The van der Waals surface area contributed by atoms with Crippen LogP contribution in [0.5, 0.6) is 0 Å². The number of aliphatic hydroxyl groups is 1. The molecule has 0 radical (unpaired) electrons. The molecule has 0 heterocycles. The third-order valence-electron chi connectivity index (χ3n) is 5.56. The molecular weight excluding hydrogens is 322 g/mol. The maximum atomic E-state index is 12.2. The number of nitrogens with two attached hydrogens (primary N) is 1. The van der Waals surface area contributed by atoms with Crippen molar-refractivity contribution in [1.82, 2.24) is 0 Å². The van der Waals surface area contributed by atoms with Gasteiger partial charge >= 0.3 is 5.97 Å². The van der Waals surface area contributed by atoms with Gasteiger partial charge in [-0.25, -0.2) is 4.79 Å². The van der Waals surface area contributed by atoms with Gasteiger partial charge in [-0.1, -0.05) is 34.3 Å². The highest BCUT2D eigenvalue weighted by atomic mass is 16.6. The fraction of sp³-hybridized carbons (Fsp3) is 0.842. The van der Waals surface area contributed by atoms with Crippen molar-refractivity contribution in [1.29, 1.82) is 0 Å². The molecule has 0 aromatic carbocycles. The third-order valence-corrected chi connectivity index (χ3v) is 5.56. The van der Waals surface area contributed by atoms with Gasteiger partial charge in [-0.3, -0.25) is 0 Å². The highest BCUT2D eigenvalue weighted by Gasteiger charge is 2.39. The summed E-state index contributed by atoms with van der Waals surface area (Å²) in [5.41, 5.74) is 4.64. The number of carbonyl (C=O) groups excluding carboxylic acids is 1. The smallest absolute Gasteiger partial charge is 0.332 e. The molecule has 0 saturated heterocycles. The number of hydrogen-bond acceptors (Lipinski definition) is 6. The topological polar surface area (TPSA) is 91.0 Å². The van der Waals surface area contributed by atoms with Crippen LogP contribution in [0.1, 0.15) is 48.5 Å². The predicted octanol–water partition coefficient (Wildman–Crippen LogP) is 2.28. The molecule has 5 atom stereocenters. The van der Waals surface area contributed by atoms with E-state index in [0.717, 1.165) is 0 Å². The zero-order valence-corrected chi connectivity index (χ0v) is 17.0. The molecule has 148 valence electrons. The van der Waals surface area contributed by atoms with E-state index < -0.39 is 29.2 Å². The summed E-state index contributed by atoms with van der Waals surface area (Å²) in [5.74, 6) is -0.437. The van der Waals surface area contributed by atoms with E-state index in [4.69, 9.17) is 19.9 Å². The molecule has 5 unspecified atom stereocenters. The van der Waals surface area contributed by atoms with Gasteiger partial charge in [0, 0.05) is 18.6 Å². The molecular formula is C19H37NO5. The minimum absolute atomic E-state index is 0.132. The first kappa shape index (κ1) is 24.1. The minimum atomic E-state index is -0.969. The van der Waals surface area contributed by atoms with Crippen LogP contribution in [-0.4, -0.2) is 54.7 Å². The number of hydrogen-bond donors (Lipinski definition) is 2. The first-order valence-corrected chi connectivity index (χ1v) is 8.76. The lowest BCUT2D eigenvalue weighted by molar-refractivity contribution is -0.181. The summed E-state index contributed by atoms with van der Waals surface area (Å²) in [5, 5.41) is 10.5. The van der Waals surface area contributed by atoms with Crippen LogP contribution in [0.15, 0.2) is 12.7 Å². The third kappa shape index (κ3) is 6.06. The maximum absolute atomic E-state index is 12.2. The average Bonchev–Trinajstić information content (AvgIpc) is 2.55. The summed E-state index contributed by atoms with van der Waals surface area (Å²) in [6, 6.07) is -0.285. The normalized spacial score (nSPS) is 19.6. The first-order valence-electron chi connectivity index (χ1n) is 8.76. The second-order valence-corrected chi connectivity index (χ2v) is 7.75. The maximum Gasteiger partial charge on any atom is 0.332 e. The monoisotopic (exact) mass is 359 g/mol. The van der Waals surface area contributed by atoms with E-state index in [-0.39, 0.29) is 24.7 Å². The predicted molar refractivity (Wildman–Crippen MR) is 99.2 cm³/mol. The zero-order chi connectivity index (χ0) is 20.0. The highest BCUT2D eigenvalue weighted by molar-refractivity contribution is 5.71. The van der Waals surface area contributed by atoms with Gasteiger partial charge in [0.05, 0.1) is 11.7 Å². The molecule has 0 fully saturated rings. The van der Waals surface area contributed by atoms with Gasteiger partial charge in [-0.2, -0.15) is 0 Å². The quantitative estimate of drug-likeness (QED) is 0.434. The van der Waals surface area contributed by atoms with E-state index in [2.05, 4.69) is 6.58 Å². The van der Waals surface area contributed by atoms with Crippen LogP contribution < -0.4 is 5.73 Å². The summed E-state index contributed by atoms with van der Waals surface area (Å²) < 4.78 is 16.6. The Morgan fingerprint density at radius 3 is 2.12 bits per heavy atom. The van der Waals surface area contributed by atoms with Gasteiger partial charge in [-0.05, 0) is 32.8 Å². The standard InChI is InChI=1S/C19H37NO5/c1-10-15(17(22)18(6,7)13(4)20)25-16(21)11-24-19(8,12(2)3)14(5)23-9/h10,12-15,17,22H,1,11,20H2,2-9H3. The lowest BCUT2D eigenvalue weighted by Gasteiger charge is -2.39. The minimum Gasteiger partial charge on any atom is -0.454 e. The summed E-state index contributed by atoms with van der Waals surface area (Å²) >= 11 is 0. The van der Waals surface area contributed by atoms with E-state index in [0.29, 0.717) is 0 Å². The second kappa shape index (κ2) is 9.67. The van der Waals surface area contributed by atoms with Gasteiger partial charge < -0.3 is 25.1 Å². The highest BCUT2D eigenvalue weighted by Crippen LogP contribution is 2.29. The van der Waals surface area contributed by atoms with Gasteiger partial charge in [0.2, 0.25) is 0 Å². The van der Waals surface area contributed by atoms with Gasteiger partial charge in [0.15, 0.2) is 0 Å². The number of rotatable bonds is 11. The second-order valence-electron chi connectivity index (χ2n) is 7.75. The van der Waals surface area contributed by atoms with Crippen molar-refractivity contribution in [2.75, 3.05) is 13.7 Å². The molecule has 0 aliphatic heterocycles. The SMILES string of the molecule is C=CC(OC(=O)COC(C)(C(C)C)C(C)OC)C(O)C(C)(C)C(C)N. The van der Waals surface area contributed by atoms with Gasteiger partial charge in [0.1, 0.15) is 18.8 Å². The summed E-state index contributed by atoms with van der Waals surface area (Å²) in [6.45, 7) is 16.6. The molecule has 6 heteroatoms. The Morgan fingerprint density at radius 2 is 1.76 bits per heavy atom. The van der Waals surface area contributed by atoms with E-state index in [1.165, 1.54) is 6.08 Å². The first-order chi connectivity index (χ1) is 11.3. The number of methoxy groups -OCH3 is 1. The van der Waals surface area contributed by atoms with E-state index in [1.54, 1.807) is 14.0 Å². The van der Waals surface area contributed by atoms with Crippen LogP contribution in [0.3, 0.4) is 0 Å². The van der Waals surface area contributed by atoms with Gasteiger partial charge in [0.25, 0.3) is 0 Å². The molecule has 25 heavy (non-hydrogen) atoms. The van der Waals surface area contributed by atoms with Gasteiger partial charge in [-0.15, -0.1) is 0 Å². The number of aliphatic hydroxyl groups excluding tert-OH is 1. The van der Waals surface area contributed by atoms with E-state index >= 15 is 0 Å². The molecule has 6 nitrogen and oxygen atoms in total. The molecule has 0 bridgehead atoms. The fourth-order valence-corrected chi connectivity index (χ4v) is 2.32. The van der Waals surface area contributed by atoms with Crippen molar-refractivity contribution >= 4 is 5.97 Å². The van der Waals surface area contributed by atoms with Crippen LogP contribution in [0.25, 0.3) is 0 Å². The Bertz CT molecular complexity index is 436. The number of esters is 1. The fourth-order valence-electron chi connectivity index (χ4n) is 2.32. The summed E-state index contributed by atoms with van der Waals surface area (Å²) in [4.78, 5) is 12.2. The Hall–Kier alpha value is -0.950. The molecule has 0 rings (SSSR count). The Kier molecular flexibility index (Phi) is 9.30. The van der Waals surface area contributed by atoms with Crippen LogP contribution in [0.4, 0.5) is 0 Å². The van der Waals surface area contributed by atoms with Crippen LogP contribution in [-0.2, 0) is 19.0 Å². The van der Waals surface area contributed by atoms with Crippen molar-refractivity contribution in [3.63, 3.8) is 0 Å². The van der Waals surface area contributed by atoms with Crippen molar-refractivity contribution in [3.05, 3.63) is 12.7 Å². The lowest BCUT2D eigenvalue weighted by Crippen LogP contribution is -2.50. The Morgan fingerprint density at radius 1 is 1.24 bits per heavy atom. The molecule has 0 aliphatic carbocycles. The molecule has 0 aromatic heterocycles. The zero-order valence-electron chi connectivity index (χ0n) is 17.0. The van der Waals surface area contributed by atoms with Crippen LogP contribution in [0, 0.1) is 11.3 Å². The molecule has 0 aromatic rings. The molecule has 0 spiro atoms.